The number of benzene rings is 2. The van der Waals surface area contributed by atoms with E-state index >= 15 is 0 Å². The number of carbonyl (C=O) groups is 1. The smallest absolute Gasteiger partial charge is 0.445 e. The molecule has 138 valence electrons. The van der Waals surface area contributed by atoms with Gasteiger partial charge in [0, 0.05) is 0 Å². The van der Waals surface area contributed by atoms with Crippen LogP contribution in [0.2, 0.25) is 0 Å². The first kappa shape index (κ1) is 18.6. The van der Waals surface area contributed by atoms with E-state index in [4.69, 9.17) is 4.74 Å². The Morgan fingerprint density at radius 3 is 2.50 bits per heavy atom. The summed E-state index contributed by atoms with van der Waals surface area (Å²) in [6.07, 6.45) is 0. The normalized spacial score (nSPS) is 19.7. The zero-order valence-corrected chi connectivity index (χ0v) is 15.3. The van der Waals surface area contributed by atoms with Crippen LogP contribution in [-0.2, 0) is 32.2 Å². The molecule has 2 atom stereocenters. The van der Waals surface area contributed by atoms with Gasteiger partial charge in [0.1, 0.15) is 6.61 Å². The summed E-state index contributed by atoms with van der Waals surface area (Å²) in [7, 11) is -6.05. The number of carbonyl (C=O) groups excluding carboxylic acids is 1. The summed E-state index contributed by atoms with van der Waals surface area (Å²) >= 11 is 0. The lowest BCUT2D eigenvalue weighted by Crippen LogP contribution is -2.47. The Morgan fingerprint density at radius 1 is 1.15 bits per heavy atom. The molecule has 9 heteroatoms. The van der Waals surface area contributed by atoms with Crippen molar-refractivity contribution in [2.75, 3.05) is 17.5 Å². The number of anilines is 1. The molecule has 0 saturated carbocycles. The number of aliphatic hydroxyl groups is 1. The van der Waals surface area contributed by atoms with Crippen LogP contribution in [-0.4, -0.2) is 41.4 Å². The number of ether oxygens (including phenoxy) is 1. The minimum absolute atomic E-state index is 0.159. The highest BCUT2D eigenvalue weighted by Crippen LogP contribution is 2.33. The van der Waals surface area contributed by atoms with E-state index in [-0.39, 0.29) is 23.7 Å². The van der Waals surface area contributed by atoms with Crippen molar-refractivity contribution in [1.82, 2.24) is 0 Å². The first-order valence-electron chi connectivity index (χ1n) is 7.79. The van der Waals surface area contributed by atoms with Gasteiger partial charge in [-0.3, -0.25) is 8.51 Å². The van der Waals surface area contributed by atoms with Crippen molar-refractivity contribution in [2.45, 2.75) is 16.8 Å². The Labute approximate surface area is 153 Å². The lowest BCUT2D eigenvalue weighted by Gasteiger charge is -2.32. The van der Waals surface area contributed by atoms with Crippen molar-refractivity contribution in [2.24, 2.45) is 0 Å². The topological polar surface area (TPSA) is 101 Å². The second kappa shape index (κ2) is 7.56. The average molecular weight is 395 g/mol. The van der Waals surface area contributed by atoms with Crippen LogP contribution in [0.15, 0.2) is 59.5 Å². The number of fused-ring (bicyclic) bond motifs is 1. The van der Waals surface area contributed by atoms with Crippen molar-refractivity contribution in [1.29, 1.82) is 0 Å². The fraction of sp³-hybridized carbons (Fsp3) is 0.235. The molecule has 3 rings (SSSR count). The van der Waals surface area contributed by atoms with Gasteiger partial charge in [-0.15, -0.1) is 0 Å². The third-order valence-corrected chi connectivity index (χ3v) is 7.07. The predicted molar refractivity (Wildman–Crippen MR) is 96.6 cm³/mol. The molecule has 0 saturated heterocycles. The van der Waals surface area contributed by atoms with E-state index in [2.05, 4.69) is 0 Å². The van der Waals surface area contributed by atoms with Crippen LogP contribution in [0.3, 0.4) is 0 Å². The Morgan fingerprint density at radius 2 is 1.81 bits per heavy atom. The van der Waals surface area contributed by atoms with E-state index in [1.807, 2.05) is 0 Å². The standard InChI is InChI=1S/C17H17NO6S2/c19-11-14-10-18(15-8-4-5-9-16(15)25(14)21)26(22,23)17(20)24-12-13-6-2-1-3-7-13/h1-9,14,19H,10-12H2/t14-,25?/m1/s1. The molecule has 1 aliphatic rings. The Hall–Kier alpha value is -2.23. The molecule has 0 radical (unpaired) electrons. The second-order valence-corrected chi connectivity index (χ2v) is 9.06. The summed E-state index contributed by atoms with van der Waals surface area (Å²) in [5.74, 6) is 0. The van der Waals surface area contributed by atoms with E-state index in [0.29, 0.717) is 5.56 Å². The molecule has 0 aliphatic carbocycles. The number of hydrogen-bond acceptors (Lipinski definition) is 6. The predicted octanol–water partition coefficient (Wildman–Crippen LogP) is 1.64. The number of nitrogens with zero attached hydrogens (tertiary/aromatic N) is 1. The summed E-state index contributed by atoms with van der Waals surface area (Å²) in [6, 6.07) is 14.9. The number of para-hydroxylation sites is 1. The van der Waals surface area contributed by atoms with Gasteiger partial charge >= 0.3 is 15.3 Å². The van der Waals surface area contributed by atoms with Crippen LogP contribution in [0.1, 0.15) is 5.56 Å². The minimum atomic E-state index is -4.49. The van der Waals surface area contributed by atoms with E-state index in [1.54, 1.807) is 42.5 Å². The summed E-state index contributed by atoms with van der Waals surface area (Å²) in [5, 5.41) is 7.22. The molecule has 1 N–H and O–H groups in total. The summed E-state index contributed by atoms with van der Waals surface area (Å²) in [4.78, 5) is 12.5. The van der Waals surface area contributed by atoms with Gasteiger partial charge in [-0.05, 0) is 17.7 Å². The van der Waals surface area contributed by atoms with Crippen molar-refractivity contribution in [3.05, 3.63) is 60.2 Å². The molecule has 1 heterocycles. The number of sulfonamides is 1. The van der Waals surface area contributed by atoms with Gasteiger partial charge < -0.3 is 9.84 Å². The molecule has 0 spiro atoms. The van der Waals surface area contributed by atoms with Crippen LogP contribution >= 0.6 is 0 Å². The molecule has 0 fully saturated rings. The van der Waals surface area contributed by atoms with Gasteiger partial charge in [0.05, 0.1) is 39.8 Å². The molecule has 0 aromatic heterocycles. The molecule has 1 aliphatic heterocycles. The fourth-order valence-electron chi connectivity index (χ4n) is 2.60. The summed E-state index contributed by atoms with van der Waals surface area (Å²) < 4.78 is 43.6. The number of hydrogen-bond donors (Lipinski definition) is 1. The molecular weight excluding hydrogens is 378 g/mol. The van der Waals surface area contributed by atoms with Gasteiger partial charge in [-0.1, -0.05) is 42.5 Å². The summed E-state index contributed by atoms with van der Waals surface area (Å²) in [6.45, 7) is -0.904. The number of rotatable bonds is 4. The van der Waals surface area contributed by atoms with Crippen molar-refractivity contribution >= 4 is 31.8 Å². The molecule has 2 aromatic rings. The van der Waals surface area contributed by atoms with Gasteiger partial charge in [0.15, 0.2) is 0 Å². The molecule has 0 bridgehead atoms. The van der Waals surface area contributed by atoms with Crippen LogP contribution in [0.25, 0.3) is 0 Å². The third kappa shape index (κ3) is 3.50. The van der Waals surface area contributed by atoms with Crippen molar-refractivity contribution in [3.63, 3.8) is 0 Å². The third-order valence-electron chi connectivity index (χ3n) is 3.93. The monoisotopic (exact) mass is 395 g/mol. The molecular formula is C17H17NO6S2. The van der Waals surface area contributed by atoms with Crippen LogP contribution in [0.4, 0.5) is 10.5 Å². The highest BCUT2D eigenvalue weighted by atomic mass is 32.2. The molecule has 1 unspecified atom stereocenters. The van der Waals surface area contributed by atoms with Crippen LogP contribution < -0.4 is 4.31 Å². The maximum Gasteiger partial charge on any atom is 0.445 e. The molecule has 2 aromatic carbocycles. The largest absolute Gasteiger partial charge is 0.448 e. The van der Waals surface area contributed by atoms with Crippen molar-refractivity contribution in [3.8, 4) is 0 Å². The Bertz CT molecular complexity index is 929. The fourth-order valence-corrected chi connectivity index (χ4v) is 5.31. The first-order chi connectivity index (χ1) is 12.4. The molecule has 0 amide bonds. The van der Waals surface area contributed by atoms with Crippen LogP contribution in [0.5, 0.6) is 0 Å². The molecule has 7 nitrogen and oxygen atoms in total. The van der Waals surface area contributed by atoms with E-state index in [9.17, 15) is 22.5 Å². The number of aliphatic hydroxyl groups excluding tert-OH is 1. The van der Waals surface area contributed by atoms with E-state index in [0.717, 1.165) is 4.31 Å². The van der Waals surface area contributed by atoms with Gasteiger partial charge in [-0.2, -0.15) is 8.42 Å². The first-order valence-corrected chi connectivity index (χ1v) is 10.4. The quantitative estimate of drug-likeness (QED) is 0.790. The van der Waals surface area contributed by atoms with Gasteiger partial charge in [0.2, 0.25) is 0 Å². The van der Waals surface area contributed by atoms with E-state index in [1.165, 1.54) is 12.1 Å². The average Bonchev–Trinajstić information content (AvgIpc) is 2.67. The lowest BCUT2D eigenvalue weighted by molar-refractivity contribution is 0.165. The Balaban J connectivity index is 1.87. The SMILES string of the molecule is O=C(OCc1ccccc1)S(=O)(=O)N1C[C@H](CO)S(=O)c2ccccc21. The van der Waals surface area contributed by atoms with Gasteiger partial charge in [-0.25, -0.2) is 4.79 Å². The zero-order chi connectivity index (χ0) is 18.7. The minimum Gasteiger partial charge on any atom is -0.448 e. The second-order valence-electron chi connectivity index (χ2n) is 5.63. The van der Waals surface area contributed by atoms with Crippen molar-refractivity contribution < 1.29 is 27.3 Å². The van der Waals surface area contributed by atoms with Crippen LogP contribution in [0, 0.1) is 0 Å². The highest BCUT2D eigenvalue weighted by Gasteiger charge is 2.40. The maximum atomic E-state index is 12.7. The highest BCUT2D eigenvalue weighted by molar-refractivity contribution is 8.07. The molecule has 26 heavy (non-hydrogen) atoms. The maximum absolute atomic E-state index is 12.7. The lowest BCUT2D eigenvalue weighted by atomic mass is 10.2. The zero-order valence-electron chi connectivity index (χ0n) is 13.6. The van der Waals surface area contributed by atoms with Gasteiger partial charge in [0.25, 0.3) is 0 Å². The Kier molecular flexibility index (Phi) is 5.40. The summed E-state index contributed by atoms with van der Waals surface area (Å²) in [5.41, 5.74) is 0.816. The van der Waals surface area contributed by atoms with E-state index < -0.39 is 38.0 Å².